The minimum atomic E-state index is -0.143. The van der Waals surface area contributed by atoms with Crippen LogP contribution in [0, 0.1) is 0 Å². The van der Waals surface area contributed by atoms with Gasteiger partial charge < -0.3 is 14.2 Å². The van der Waals surface area contributed by atoms with Crippen LogP contribution in [0.15, 0.2) is 47.4 Å². The maximum atomic E-state index is 13.5. The van der Waals surface area contributed by atoms with Crippen LogP contribution < -0.4 is 19.8 Å². The number of fused-ring (bicyclic) bond motifs is 5. The van der Waals surface area contributed by atoms with E-state index in [1.165, 1.54) is 7.11 Å². The number of aromatic nitrogens is 2. The maximum Gasteiger partial charge on any atom is 0.263 e. The van der Waals surface area contributed by atoms with Gasteiger partial charge >= 0.3 is 0 Å². The Morgan fingerprint density at radius 1 is 0.889 bits per heavy atom. The molecule has 0 saturated heterocycles. The summed E-state index contributed by atoms with van der Waals surface area (Å²) >= 11 is 0. The lowest BCUT2D eigenvalue weighted by Crippen LogP contribution is -2.14. The third-order valence-corrected chi connectivity index (χ3v) is 5.08. The average Bonchev–Trinajstić information content (AvgIpc) is 3.06. The van der Waals surface area contributed by atoms with Crippen molar-refractivity contribution in [1.82, 2.24) is 9.38 Å². The van der Waals surface area contributed by atoms with Gasteiger partial charge in [-0.15, -0.1) is 0 Å². The van der Waals surface area contributed by atoms with Gasteiger partial charge in [-0.1, -0.05) is 18.2 Å². The molecule has 0 radical (unpaired) electrons. The fourth-order valence-electron chi connectivity index (χ4n) is 3.99. The summed E-state index contributed by atoms with van der Waals surface area (Å²) in [6.45, 7) is 0. The Balaban J connectivity index is 2.19. The molecule has 0 unspecified atom stereocenters. The van der Waals surface area contributed by atoms with Crippen molar-refractivity contribution in [2.24, 2.45) is 0 Å². The van der Waals surface area contributed by atoms with Crippen LogP contribution in [0.1, 0.15) is 0 Å². The molecule has 5 aromatic rings. The number of hydrogen-bond acceptors (Lipinski definition) is 5. The molecule has 0 bridgehead atoms. The number of rotatable bonds is 3. The molecule has 0 N–H and O–H groups in total. The zero-order valence-corrected chi connectivity index (χ0v) is 15.1. The van der Waals surface area contributed by atoms with Crippen LogP contribution in [0.2, 0.25) is 0 Å². The number of benzene rings is 2. The van der Waals surface area contributed by atoms with E-state index in [2.05, 4.69) is 4.98 Å². The van der Waals surface area contributed by atoms with E-state index < -0.39 is 0 Å². The van der Waals surface area contributed by atoms with E-state index in [1.54, 1.807) is 30.9 Å². The van der Waals surface area contributed by atoms with Crippen LogP contribution in [0.5, 0.6) is 17.2 Å². The molecule has 5 rings (SSSR count). The van der Waals surface area contributed by atoms with Gasteiger partial charge in [0.05, 0.1) is 48.7 Å². The minimum absolute atomic E-state index is 0.143. The van der Waals surface area contributed by atoms with E-state index in [-0.39, 0.29) is 5.56 Å². The highest BCUT2D eigenvalue weighted by atomic mass is 16.5. The van der Waals surface area contributed by atoms with E-state index in [0.717, 1.165) is 21.8 Å². The van der Waals surface area contributed by atoms with Crippen LogP contribution in [-0.2, 0) is 0 Å². The summed E-state index contributed by atoms with van der Waals surface area (Å²) < 4.78 is 18.3. The van der Waals surface area contributed by atoms with Crippen molar-refractivity contribution in [3.63, 3.8) is 0 Å². The SMILES string of the molecule is COc1cc2c(=O)n3c4ccccc4c4ccnc(c2c(OC)c1OC)c43. The lowest BCUT2D eigenvalue weighted by molar-refractivity contribution is 0.327. The van der Waals surface area contributed by atoms with E-state index >= 15 is 0 Å². The van der Waals surface area contributed by atoms with Crippen LogP contribution in [0.3, 0.4) is 0 Å². The summed E-state index contributed by atoms with van der Waals surface area (Å²) in [4.78, 5) is 18.1. The number of methoxy groups -OCH3 is 3. The second-order valence-corrected chi connectivity index (χ2v) is 6.28. The standard InChI is InChI=1S/C21H16N2O4/c1-25-15-10-13-16(20(27-3)19(15)26-2)17-18-12(8-9-22-17)11-6-4-5-7-14(11)23(18)21(13)24/h4-10H,1-3H3. The summed E-state index contributed by atoms with van der Waals surface area (Å²) in [5.41, 5.74) is 2.18. The summed E-state index contributed by atoms with van der Waals surface area (Å²) in [6.07, 6.45) is 1.75. The normalized spacial score (nSPS) is 11.7. The van der Waals surface area contributed by atoms with E-state index in [0.29, 0.717) is 33.5 Å². The molecule has 134 valence electrons. The molecule has 0 aliphatic rings. The quantitative estimate of drug-likeness (QED) is 0.460. The Labute approximate surface area is 153 Å². The summed E-state index contributed by atoms with van der Waals surface area (Å²) in [5, 5.41) is 3.08. The molecular formula is C21H16N2O4. The van der Waals surface area contributed by atoms with E-state index in [4.69, 9.17) is 14.2 Å². The first-order chi connectivity index (χ1) is 13.2. The Morgan fingerprint density at radius 3 is 2.41 bits per heavy atom. The van der Waals surface area contributed by atoms with Gasteiger partial charge in [0.2, 0.25) is 5.75 Å². The molecule has 0 fully saturated rings. The largest absolute Gasteiger partial charge is 0.493 e. The fraction of sp³-hybridized carbons (Fsp3) is 0.143. The summed E-state index contributed by atoms with van der Waals surface area (Å²) in [6, 6.07) is 11.5. The first-order valence-corrected chi connectivity index (χ1v) is 8.47. The molecule has 0 aliphatic heterocycles. The van der Waals surface area contributed by atoms with E-state index in [1.807, 2.05) is 30.3 Å². The van der Waals surface area contributed by atoms with Gasteiger partial charge in [0.1, 0.15) is 0 Å². The van der Waals surface area contributed by atoms with Gasteiger partial charge in [0.15, 0.2) is 11.5 Å². The predicted octanol–water partition coefficient (Wildman–Crippen LogP) is 3.62. The third kappa shape index (κ3) is 1.84. The van der Waals surface area contributed by atoms with Crippen molar-refractivity contribution in [2.75, 3.05) is 21.3 Å². The molecule has 0 spiro atoms. The van der Waals surface area contributed by atoms with Crippen molar-refractivity contribution in [2.45, 2.75) is 0 Å². The fourth-order valence-corrected chi connectivity index (χ4v) is 3.99. The zero-order chi connectivity index (χ0) is 18.7. The number of ether oxygens (including phenoxy) is 3. The molecular weight excluding hydrogens is 344 g/mol. The van der Waals surface area contributed by atoms with Gasteiger partial charge in [-0.2, -0.15) is 0 Å². The Kier molecular flexibility index (Phi) is 3.18. The van der Waals surface area contributed by atoms with Gasteiger partial charge in [-0.3, -0.25) is 14.2 Å². The maximum absolute atomic E-state index is 13.5. The number of hydrogen-bond donors (Lipinski definition) is 0. The highest BCUT2D eigenvalue weighted by Crippen LogP contribution is 2.45. The smallest absolute Gasteiger partial charge is 0.263 e. The molecule has 2 aromatic carbocycles. The molecule has 6 heteroatoms. The molecule has 27 heavy (non-hydrogen) atoms. The monoisotopic (exact) mass is 360 g/mol. The Bertz CT molecular complexity index is 1400. The van der Waals surface area contributed by atoms with Gasteiger partial charge in [-0.05, 0) is 18.2 Å². The van der Waals surface area contributed by atoms with Crippen molar-refractivity contribution in [3.8, 4) is 17.2 Å². The average molecular weight is 360 g/mol. The first-order valence-electron chi connectivity index (χ1n) is 8.47. The Hall–Kier alpha value is -3.54. The third-order valence-electron chi connectivity index (χ3n) is 5.08. The van der Waals surface area contributed by atoms with E-state index in [9.17, 15) is 4.79 Å². The molecule has 0 saturated carbocycles. The van der Waals surface area contributed by atoms with Crippen LogP contribution in [0.25, 0.3) is 38.1 Å². The van der Waals surface area contributed by atoms with Crippen LogP contribution in [0.4, 0.5) is 0 Å². The van der Waals surface area contributed by atoms with Crippen molar-refractivity contribution in [3.05, 3.63) is 52.9 Å². The topological polar surface area (TPSA) is 62.1 Å². The lowest BCUT2D eigenvalue weighted by Gasteiger charge is -2.16. The highest BCUT2D eigenvalue weighted by molar-refractivity contribution is 6.20. The first kappa shape index (κ1) is 15.7. The number of pyridine rings is 2. The van der Waals surface area contributed by atoms with Crippen molar-refractivity contribution >= 4 is 38.1 Å². The highest BCUT2D eigenvalue weighted by Gasteiger charge is 2.24. The van der Waals surface area contributed by atoms with Crippen LogP contribution in [-0.4, -0.2) is 30.7 Å². The van der Waals surface area contributed by atoms with Crippen molar-refractivity contribution < 1.29 is 14.2 Å². The number of nitrogens with zero attached hydrogens (tertiary/aromatic N) is 2. The molecule has 0 aliphatic carbocycles. The lowest BCUT2D eigenvalue weighted by atomic mass is 10.1. The zero-order valence-electron chi connectivity index (χ0n) is 15.1. The molecule has 0 atom stereocenters. The second kappa shape index (κ2) is 5.48. The molecule has 3 aromatic heterocycles. The summed E-state index contributed by atoms with van der Waals surface area (Å²) in [5.74, 6) is 1.32. The van der Waals surface area contributed by atoms with Gasteiger partial charge in [-0.25, -0.2) is 0 Å². The number of para-hydroxylation sites is 1. The molecule has 3 heterocycles. The molecule has 6 nitrogen and oxygen atoms in total. The predicted molar refractivity (Wildman–Crippen MR) is 105 cm³/mol. The summed E-state index contributed by atoms with van der Waals surface area (Å²) in [7, 11) is 4.63. The van der Waals surface area contributed by atoms with Crippen molar-refractivity contribution in [1.29, 1.82) is 0 Å². The molecule has 0 amide bonds. The van der Waals surface area contributed by atoms with Gasteiger partial charge in [0.25, 0.3) is 5.56 Å². The second-order valence-electron chi connectivity index (χ2n) is 6.28. The minimum Gasteiger partial charge on any atom is -0.493 e. The Morgan fingerprint density at radius 2 is 1.67 bits per heavy atom. The van der Waals surface area contributed by atoms with Crippen LogP contribution >= 0.6 is 0 Å². The van der Waals surface area contributed by atoms with Gasteiger partial charge in [0, 0.05) is 17.0 Å².